The van der Waals surface area contributed by atoms with Gasteiger partial charge in [-0.25, -0.2) is 0 Å². The van der Waals surface area contributed by atoms with Crippen molar-refractivity contribution in [1.29, 1.82) is 0 Å². The van der Waals surface area contributed by atoms with Gasteiger partial charge in [0.05, 0.1) is 17.4 Å². The first-order valence-corrected chi connectivity index (χ1v) is 10.1. The third-order valence-electron chi connectivity index (χ3n) is 5.00. The number of rotatable bonds is 9. The van der Waals surface area contributed by atoms with Gasteiger partial charge in [-0.3, -0.25) is 19.8 Å². The van der Waals surface area contributed by atoms with E-state index in [2.05, 4.69) is 4.90 Å². The average Bonchev–Trinajstić information content (AvgIpc) is 2.76. The third kappa shape index (κ3) is 5.93. The van der Waals surface area contributed by atoms with Crippen molar-refractivity contribution in [3.8, 4) is 17.2 Å². The fourth-order valence-corrected chi connectivity index (χ4v) is 3.37. The number of hydrogen-bond donors (Lipinski definition) is 0. The van der Waals surface area contributed by atoms with Crippen LogP contribution in [0, 0.1) is 16.0 Å². The van der Waals surface area contributed by atoms with Crippen molar-refractivity contribution >= 4 is 11.7 Å². The van der Waals surface area contributed by atoms with Gasteiger partial charge in [0, 0.05) is 12.6 Å². The van der Waals surface area contributed by atoms with Crippen LogP contribution in [0.5, 0.6) is 17.2 Å². The molecule has 8 heteroatoms. The van der Waals surface area contributed by atoms with Gasteiger partial charge in [0.1, 0.15) is 18.1 Å². The van der Waals surface area contributed by atoms with Crippen LogP contribution in [0.15, 0.2) is 48.5 Å². The number of ether oxygens (including phenoxy) is 3. The molecule has 0 radical (unpaired) electrons. The lowest BCUT2D eigenvalue weighted by Gasteiger charge is -2.30. The van der Waals surface area contributed by atoms with Crippen molar-refractivity contribution in [3.05, 3.63) is 58.6 Å². The second-order valence-corrected chi connectivity index (χ2v) is 7.01. The highest BCUT2D eigenvalue weighted by Gasteiger charge is 2.25. The first-order valence-electron chi connectivity index (χ1n) is 10.1. The SMILES string of the molecule is CCOC(=O)C1CCN(CCOc2ccc(Oc3ccccc3[N+](=O)[O-])cc2)CC1. The Balaban J connectivity index is 1.43. The molecule has 2 aromatic rings. The molecule has 0 bridgehead atoms. The molecule has 0 N–H and O–H groups in total. The van der Waals surface area contributed by atoms with Crippen LogP contribution in [-0.2, 0) is 9.53 Å². The second kappa shape index (κ2) is 10.6. The number of nitro groups is 1. The summed E-state index contributed by atoms with van der Waals surface area (Å²) in [5.41, 5.74) is -0.0791. The normalized spacial score (nSPS) is 14.8. The molecular formula is C22H26N2O6. The first-order chi connectivity index (χ1) is 14.6. The predicted octanol–water partition coefficient (Wildman–Crippen LogP) is 4.04. The molecule has 0 unspecified atom stereocenters. The number of hydrogen-bond acceptors (Lipinski definition) is 7. The zero-order chi connectivity index (χ0) is 21.3. The summed E-state index contributed by atoms with van der Waals surface area (Å²) < 4.78 is 16.5. The molecule has 0 aliphatic carbocycles. The van der Waals surface area contributed by atoms with Crippen LogP contribution >= 0.6 is 0 Å². The quantitative estimate of drug-likeness (QED) is 0.347. The monoisotopic (exact) mass is 414 g/mol. The molecule has 0 spiro atoms. The minimum Gasteiger partial charge on any atom is -0.492 e. The molecule has 160 valence electrons. The molecule has 1 aliphatic heterocycles. The van der Waals surface area contributed by atoms with Crippen molar-refractivity contribution < 1.29 is 23.9 Å². The molecule has 0 atom stereocenters. The maximum atomic E-state index is 11.8. The van der Waals surface area contributed by atoms with Crippen LogP contribution in [0.4, 0.5) is 5.69 Å². The number of nitrogens with zero attached hydrogens (tertiary/aromatic N) is 2. The summed E-state index contributed by atoms with van der Waals surface area (Å²) in [6, 6.07) is 13.2. The van der Waals surface area contributed by atoms with Crippen molar-refractivity contribution in [2.75, 3.05) is 32.8 Å². The smallest absolute Gasteiger partial charge is 0.311 e. The van der Waals surface area contributed by atoms with Gasteiger partial charge >= 0.3 is 11.7 Å². The summed E-state index contributed by atoms with van der Waals surface area (Å²) >= 11 is 0. The molecule has 0 aromatic heterocycles. The van der Waals surface area contributed by atoms with Gasteiger partial charge < -0.3 is 14.2 Å². The molecule has 8 nitrogen and oxygen atoms in total. The van der Waals surface area contributed by atoms with E-state index < -0.39 is 4.92 Å². The fourth-order valence-electron chi connectivity index (χ4n) is 3.37. The van der Waals surface area contributed by atoms with Gasteiger partial charge in [-0.05, 0) is 63.2 Å². The summed E-state index contributed by atoms with van der Waals surface area (Å²) in [5.74, 6) is 1.32. The molecular weight excluding hydrogens is 388 g/mol. The number of likely N-dealkylation sites (tertiary alicyclic amines) is 1. The lowest BCUT2D eigenvalue weighted by atomic mass is 9.97. The lowest BCUT2D eigenvalue weighted by molar-refractivity contribution is -0.385. The van der Waals surface area contributed by atoms with Gasteiger partial charge in [0.2, 0.25) is 5.75 Å². The summed E-state index contributed by atoms with van der Waals surface area (Å²) in [7, 11) is 0. The van der Waals surface area contributed by atoms with Crippen LogP contribution in [0.1, 0.15) is 19.8 Å². The highest BCUT2D eigenvalue weighted by Crippen LogP contribution is 2.31. The van der Waals surface area contributed by atoms with Crippen LogP contribution in [0.25, 0.3) is 0 Å². The Morgan fingerprint density at radius 1 is 1.10 bits per heavy atom. The maximum Gasteiger partial charge on any atom is 0.311 e. The standard InChI is InChI=1S/C22H26N2O6/c1-2-28-22(25)17-11-13-23(14-12-17)15-16-29-18-7-9-19(10-8-18)30-21-6-4-3-5-20(21)24(26)27/h3-10,17H,2,11-16H2,1H3. The highest BCUT2D eigenvalue weighted by molar-refractivity contribution is 5.72. The topological polar surface area (TPSA) is 91.1 Å². The number of benzene rings is 2. The van der Waals surface area contributed by atoms with Crippen LogP contribution in [0.2, 0.25) is 0 Å². The number of carbonyl (C=O) groups is 1. The number of esters is 1. The van der Waals surface area contributed by atoms with Crippen molar-refractivity contribution in [1.82, 2.24) is 4.90 Å². The van der Waals surface area contributed by atoms with Crippen molar-refractivity contribution in [2.45, 2.75) is 19.8 Å². The summed E-state index contributed by atoms with van der Waals surface area (Å²) in [6.07, 6.45) is 1.63. The first kappa shape index (κ1) is 21.6. The van der Waals surface area contributed by atoms with E-state index in [9.17, 15) is 14.9 Å². The average molecular weight is 414 g/mol. The van der Waals surface area contributed by atoms with E-state index in [-0.39, 0.29) is 23.3 Å². The van der Waals surface area contributed by atoms with Gasteiger partial charge in [-0.15, -0.1) is 0 Å². The number of piperidine rings is 1. The van der Waals surface area contributed by atoms with Crippen molar-refractivity contribution in [3.63, 3.8) is 0 Å². The van der Waals surface area contributed by atoms with E-state index in [1.165, 1.54) is 6.07 Å². The molecule has 1 fully saturated rings. The Morgan fingerprint density at radius 3 is 2.43 bits per heavy atom. The second-order valence-electron chi connectivity index (χ2n) is 7.01. The number of carbonyl (C=O) groups excluding carboxylic acids is 1. The summed E-state index contributed by atoms with van der Waals surface area (Å²) in [6.45, 7) is 5.29. The Hall–Kier alpha value is -3.13. The van der Waals surface area contributed by atoms with E-state index in [4.69, 9.17) is 14.2 Å². The molecule has 1 heterocycles. The van der Waals surface area contributed by atoms with Crippen LogP contribution in [0.3, 0.4) is 0 Å². The van der Waals surface area contributed by atoms with E-state index in [1.807, 2.05) is 6.92 Å². The minimum absolute atomic E-state index is 0.00935. The summed E-state index contributed by atoms with van der Waals surface area (Å²) in [5, 5.41) is 11.1. The molecule has 0 amide bonds. The number of para-hydroxylation sites is 2. The van der Waals surface area contributed by atoms with Gasteiger partial charge in [-0.1, -0.05) is 12.1 Å². The molecule has 1 saturated heterocycles. The van der Waals surface area contributed by atoms with Crippen LogP contribution < -0.4 is 9.47 Å². The zero-order valence-electron chi connectivity index (χ0n) is 17.0. The van der Waals surface area contributed by atoms with E-state index in [0.717, 1.165) is 32.5 Å². The van der Waals surface area contributed by atoms with E-state index >= 15 is 0 Å². The molecule has 2 aromatic carbocycles. The van der Waals surface area contributed by atoms with E-state index in [0.29, 0.717) is 24.7 Å². The molecule has 0 saturated carbocycles. The van der Waals surface area contributed by atoms with Gasteiger partial charge in [0.25, 0.3) is 0 Å². The third-order valence-corrected chi connectivity index (χ3v) is 5.00. The lowest BCUT2D eigenvalue weighted by Crippen LogP contribution is -2.39. The summed E-state index contributed by atoms with van der Waals surface area (Å²) in [4.78, 5) is 24.7. The van der Waals surface area contributed by atoms with Gasteiger partial charge in [-0.2, -0.15) is 0 Å². The molecule has 30 heavy (non-hydrogen) atoms. The number of nitro benzene ring substituents is 1. The Labute approximate surface area is 175 Å². The zero-order valence-corrected chi connectivity index (χ0v) is 17.0. The molecule has 3 rings (SSSR count). The van der Waals surface area contributed by atoms with E-state index in [1.54, 1.807) is 42.5 Å². The Morgan fingerprint density at radius 2 is 1.77 bits per heavy atom. The minimum atomic E-state index is -0.470. The van der Waals surface area contributed by atoms with Crippen LogP contribution in [-0.4, -0.2) is 48.6 Å². The highest BCUT2D eigenvalue weighted by atomic mass is 16.6. The van der Waals surface area contributed by atoms with Gasteiger partial charge in [0.15, 0.2) is 0 Å². The Kier molecular flexibility index (Phi) is 7.62. The largest absolute Gasteiger partial charge is 0.492 e. The maximum absolute atomic E-state index is 11.8. The van der Waals surface area contributed by atoms with Crippen molar-refractivity contribution in [2.24, 2.45) is 5.92 Å². The predicted molar refractivity (Wildman–Crippen MR) is 111 cm³/mol. The Bertz CT molecular complexity index is 847. The molecule has 1 aliphatic rings. The fraction of sp³-hybridized carbons (Fsp3) is 0.409.